The summed E-state index contributed by atoms with van der Waals surface area (Å²) in [6, 6.07) is 0. The molecule has 1 saturated heterocycles. The van der Waals surface area contributed by atoms with Crippen molar-refractivity contribution in [3.05, 3.63) is 0 Å². The van der Waals surface area contributed by atoms with E-state index in [2.05, 4.69) is 27.5 Å². The molecule has 8 heteroatoms. The molecule has 0 aliphatic carbocycles. The maximum Gasteiger partial charge on any atom is 0.209 e. The average molecular weight is 259 g/mol. The molecule has 2 heterocycles. The van der Waals surface area contributed by atoms with E-state index in [0.29, 0.717) is 6.54 Å². The molecule has 1 aromatic heterocycles. The van der Waals surface area contributed by atoms with Crippen molar-refractivity contribution in [2.75, 3.05) is 39.1 Å². The van der Waals surface area contributed by atoms with Crippen molar-refractivity contribution >= 4 is 11.8 Å². The molecule has 17 heavy (non-hydrogen) atoms. The summed E-state index contributed by atoms with van der Waals surface area (Å²) in [4.78, 5) is 2.26. The second-order valence-corrected chi connectivity index (χ2v) is 4.96. The molecule has 0 radical (unpaired) electrons. The summed E-state index contributed by atoms with van der Waals surface area (Å²) in [5, 5.41) is 20.9. The molecule has 1 aromatic rings. The number of likely N-dealkylation sites (N-methyl/N-ethyl adjacent to an activating group) is 1. The molecule has 0 amide bonds. The van der Waals surface area contributed by atoms with Gasteiger partial charge in [-0.25, -0.2) is 4.68 Å². The number of aliphatic hydroxyl groups is 1. The van der Waals surface area contributed by atoms with Crippen LogP contribution in [-0.4, -0.2) is 75.4 Å². The van der Waals surface area contributed by atoms with Crippen LogP contribution in [0.25, 0.3) is 0 Å². The smallest absolute Gasteiger partial charge is 0.209 e. The predicted octanol–water partition coefficient (Wildman–Crippen LogP) is -0.912. The first kappa shape index (κ1) is 12.7. The Hall–Kier alpha value is -0.700. The zero-order valence-electron chi connectivity index (χ0n) is 9.82. The molecule has 1 atom stereocenters. The topological polar surface area (TPSA) is 76.3 Å². The third kappa shape index (κ3) is 3.63. The summed E-state index contributed by atoms with van der Waals surface area (Å²) in [6.45, 7) is 3.18. The van der Waals surface area contributed by atoms with Crippen molar-refractivity contribution in [1.82, 2.24) is 25.1 Å². The van der Waals surface area contributed by atoms with Crippen LogP contribution in [0.3, 0.4) is 0 Å². The van der Waals surface area contributed by atoms with Gasteiger partial charge in [-0.05, 0) is 17.5 Å². The number of ether oxygens (including phenoxy) is 1. The predicted molar refractivity (Wildman–Crippen MR) is 62.9 cm³/mol. The van der Waals surface area contributed by atoms with E-state index in [1.165, 1.54) is 0 Å². The number of morpholine rings is 1. The van der Waals surface area contributed by atoms with Gasteiger partial charge >= 0.3 is 0 Å². The maximum absolute atomic E-state index is 8.86. The average Bonchev–Trinajstić information content (AvgIpc) is 2.75. The van der Waals surface area contributed by atoms with Gasteiger partial charge in [0.05, 0.1) is 25.9 Å². The summed E-state index contributed by atoms with van der Waals surface area (Å²) in [5.41, 5.74) is 0. The van der Waals surface area contributed by atoms with Crippen molar-refractivity contribution in [2.24, 2.45) is 0 Å². The number of tetrazole rings is 1. The van der Waals surface area contributed by atoms with Gasteiger partial charge in [0.15, 0.2) is 0 Å². The first-order valence-electron chi connectivity index (χ1n) is 5.59. The lowest BCUT2D eigenvalue weighted by molar-refractivity contribution is -0.00602. The zero-order valence-corrected chi connectivity index (χ0v) is 10.6. The Morgan fingerprint density at radius 3 is 3.24 bits per heavy atom. The van der Waals surface area contributed by atoms with Crippen molar-refractivity contribution < 1.29 is 9.84 Å². The van der Waals surface area contributed by atoms with Crippen molar-refractivity contribution in [1.29, 1.82) is 0 Å². The third-order valence-corrected chi connectivity index (χ3v) is 3.64. The maximum atomic E-state index is 8.86. The summed E-state index contributed by atoms with van der Waals surface area (Å²) < 4.78 is 7.27. The van der Waals surface area contributed by atoms with Crippen LogP contribution in [0.1, 0.15) is 0 Å². The molecule has 1 aliphatic heterocycles. The van der Waals surface area contributed by atoms with Gasteiger partial charge in [0.25, 0.3) is 0 Å². The fourth-order valence-corrected chi connectivity index (χ4v) is 2.58. The molecule has 1 N–H and O–H groups in total. The van der Waals surface area contributed by atoms with Gasteiger partial charge in [-0.1, -0.05) is 11.8 Å². The van der Waals surface area contributed by atoms with Gasteiger partial charge in [-0.15, -0.1) is 5.10 Å². The third-order valence-electron chi connectivity index (χ3n) is 2.55. The van der Waals surface area contributed by atoms with Crippen LogP contribution < -0.4 is 0 Å². The fraction of sp³-hybridized carbons (Fsp3) is 0.889. The Balaban J connectivity index is 1.82. The summed E-state index contributed by atoms with van der Waals surface area (Å²) in [7, 11) is 2.09. The SMILES string of the molecule is CN1CCOC(CSc2nnnn2CCO)C1. The van der Waals surface area contributed by atoms with E-state index in [1.807, 2.05) is 0 Å². The fourth-order valence-electron chi connectivity index (χ4n) is 1.67. The number of aliphatic hydroxyl groups excluding tert-OH is 1. The van der Waals surface area contributed by atoms with Crippen LogP contribution in [0.5, 0.6) is 0 Å². The van der Waals surface area contributed by atoms with E-state index in [-0.39, 0.29) is 12.7 Å². The Bertz CT molecular complexity index is 348. The minimum absolute atomic E-state index is 0.0429. The molecule has 1 aliphatic rings. The van der Waals surface area contributed by atoms with Gasteiger partial charge in [-0.2, -0.15) is 0 Å². The first-order valence-corrected chi connectivity index (χ1v) is 6.58. The van der Waals surface area contributed by atoms with E-state index >= 15 is 0 Å². The molecule has 1 fully saturated rings. The first-order chi connectivity index (χ1) is 8.29. The van der Waals surface area contributed by atoms with Crippen LogP contribution in [0.4, 0.5) is 0 Å². The zero-order chi connectivity index (χ0) is 12.1. The molecular formula is C9H17N5O2S. The van der Waals surface area contributed by atoms with Crippen molar-refractivity contribution in [3.8, 4) is 0 Å². The van der Waals surface area contributed by atoms with Gasteiger partial charge < -0.3 is 14.7 Å². The highest BCUT2D eigenvalue weighted by Crippen LogP contribution is 2.17. The minimum atomic E-state index is 0.0429. The lowest BCUT2D eigenvalue weighted by Gasteiger charge is -2.29. The number of hydrogen-bond acceptors (Lipinski definition) is 7. The van der Waals surface area contributed by atoms with Crippen molar-refractivity contribution in [2.45, 2.75) is 17.8 Å². The highest BCUT2D eigenvalue weighted by Gasteiger charge is 2.19. The minimum Gasteiger partial charge on any atom is -0.394 e. The van der Waals surface area contributed by atoms with Crippen LogP contribution in [0.2, 0.25) is 0 Å². The molecular weight excluding hydrogens is 242 g/mol. The Labute approximate surface area is 104 Å². The second kappa shape index (κ2) is 6.29. The molecule has 2 rings (SSSR count). The highest BCUT2D eigenvalue weighted by molar-refractivity contribution is 7.99. The molecule has 96 valence electrons. The molecule has 0 bridgehead atoms. The second-order valence-electron chi connectivity index (χ2n) is 3.97. The number of hydrogen-bond donors (Lipinski definition) is 1. The normalized spacial score (nSPS) is 21.9. The van der Waals surface area contributed by atoms with Crippen LogP contribution in [0, 0.1) is 0 Å². The molecule has 7 nitrogen and oxygen atoms in total. The molecule has 0 spiro atoms. The molecule has 0 saturated carbocycles. The summed E-state index contributed by atoms with van der Waals surface area (Å²) in [6.07, 6.45) is 0.220. The molecule has 0 aromatic carbocycles. The standard InChI is InChI=1S/C9H17N5O2S/c1-13-3-5-16-8(6-13)7-17-9-10-11-12-14(9)2-4-15/h8,15H,2-7H2,1H3. The number of nitrogens with zero attached hydrogens (tertiary/aromatic N) is 5. The van der Waals surface area contributed by atoms with Crippen LogP contribution >= 0.6 is 11.8 Å². The molecule has 1 unspecified atom stereocenters. The largest absolute Gasteiger partial charge is 0.394 e. The van der Waals surface area contributed by atoms with E-state index in [9.17, 15) is 0 Å². The van der Waals surface area contributed by atoms with Gasteiger partial charge in [0.1, 0.15) is 0 Å². The monoisotopic (exact) mass is 259 g/mol. The Kier molecular flexibility index (Phi) is 4.72. The number of aromatic nitrogens is 4. The highest BCUT2D eigenvalue weighted by atomic mass is 32.2. The van der Waals surface area contributed by atoms with Gasteiger partial charge in [0, 0.05) is 18.8 Å². The number of rotatable bonds is 5. The quantitative estimate of drug-likeness (QED) is 0.686. The summed E-state index contributed by atoms with van der Waals surface area (Å²) >= 11 is 1.57. The Morgan fingerprint density at radius 2 is 2.47 bits per heavy atom. The Morgan fingerprint density at radius 1 is 1.59 bits per heavy atom. The lowest BCUT2D eigenvalue weighted by Crippen LogP contribution is -2.41. The van der Waals surface area contributed by atoms with E-state index in [1.54, 1.807) is 16.4 Å². The van der Waals surface area contributed by atoms with Gasteiger partial charge in [-0.3, -0.25) is 0 Å². The summed E-state index contributed by atoms with van der Waals surface area (Å²) in [5.74, 6) is 0.830. The van der Waals surface area contributed by atoms with Crippen LogP contribution in [0.15, 0.2) is 5.16 Å². The van der Waals surface area contributed by atoms with Crippen LogP contribution in [-0.2, 0) is 11.3 Å². The van der Waals surface area contributed by atoms with Gasteiger partial charge in [0.2, 0.25) is 5.16 Å². The number of thioether (sulfide) groups is 1. The van der Waals surface area contributed by atoms with E-state index < -0.39 is 0 Å². The lowest BCUT2D eigenvalue weighted by atomic mass is 10.3. The van der Waals surface area contributed by atoms with E-state index in [4.69, 9.17) is 9.84 Å². The van der Waals surface area contributed by atoms with Crippen molar-refractivity contribution in [3.63, 3.8) is 0 Å². The van der Waals surface area contributed by atoms with E-state index in [0.717, 1.165) is 30.6 Å².